The molecule has 3 heterocycles. The minimum absolute atomic E-state index is 0.219. The van der Waals surface area contributed by atoms with Crippen molar-refractivity contribution in [2.45, 2.75) is 32.0 Å². The molecule has 0 spiro atoms. The lowest BCUT2D eigenvalue weighted by molar-refractivity contribution is -0.143. The van der Waals surface area contributed by atoms with Crippen LogP contribution >= 0.6 is 0 Å². The van der Waals surface area contributed by atoms with Gasteiger partial charge in [-0.05, 0) is 19.8 Å². The molecule has 124 valence electrons. The molecule has 0 bridgehead atoms. The summed E-state index contributed by atoms with van der Waals surface area (Å²) in [5.74, 6) is 0.00739. The van der Waals surface area contributed by atoms with Gasteiger partial charge in [-0.15, -0.1) is 0 Å². The summed E-state index contributed by atoms with van der Waals surface area (Å²) in [7, 11) is 1.17. The van der Waals surface area contributed by atoms with Gasteiger partial charge in [-0.25, -0.2) is 0 Å². The summed E-state index contributed by atoms with van der Waals surface area (Å²) in [6.45, 7) is 2.21. The Balaban J connectivity index is 1.88. The van der Waals surface area contributed by atoms with Crippen molar-refractivity contribution in [2.24, 2.45) is 7.05 Å². The average molecular weight is 328 g/mol. The maximum atomic E-state index is 12.8. The molecule has 2 aromatic rings. The number of rotatable bonds is 2. The lowest BCUT2D eigenvalue weighted by atomic mass is 10.1. The second-order valence-electron chi connectivity index (χ2n) is 5.56. The molecule has 0 saturated carbocycles. The van der Waals surface area contributed by atoms with Gasteiger partial charge in [0.05, 0.1) is 11.7 Å². The summed E-state index contributed by atoms with van der Waals surface area (Å²) in [6, 6.07) is 2.19. The van der Waals surface area contributed by atoms with Crippen LogP contribution in [0.4, 0.5) is 13.2 Å². The van der Waals surface area contributed by atoms with E-state index in [2.05, 4.69) is 10.3 Å². The van der Waals surface area contributed by atoms with Crippen molar-refractivity contribution >= 4 is 5.91 Å². The van der Waals surface area contributed by atoms with Gasteiger partial charge in [0, 0.05) is 25.7 Å². The molecule has 0 aliphatic carbocycles. The molecule has 23 heavy (non-hydrogen) atoms. The first-order chi connectivity index (χ1) is 10.8. The number of hydrogen-bond donors (Lipinski definition) is 0. The molecule has 0 radical (unpaired) electrons. The van der Waals surface area contributed by atoms with Crippen molar-refractivity contribution in [3.05, 3.63) is 35.0 Å². The second kappa shape index (κ2) is 5.39. The fraction of sp³-hybridized carbons (Fsp3) is 0.500. The van der Waals surface area contributed by atoms with Crippen molar-refractivity contribution in [1.82, 2.24) is 19.8 Å². The molecule has 1 unspecified atom stereocenters. The number of nitrogens with zero attached hydrogens (tertiary/aromatic N) is 4. The molecular weight excluding hydrogens is 313 g/mol. The van der Waals surface area contributed by atoms with E-state index in [0.29, 0.717) is 29.1 Å². The molecule has 1 fully saturated rings. The van der Waals surface area contributed by atoms with E-state index in [-0.39, 0.29) is 11.7 Å². The molecule has 1 amide bonds. The van der Waals surface area contributed by atoms with E-state index in [4.69, 9.17) is 4.52 Å². The van der Waals surface area contributed by atoms with Crippen LogP contribution in [0, 0.1) is 6.92 Å². The van der Waals surface area contributed by atoms with E-state index in [1.165, 1.54) is 11.9 Å². The fourth-order valence-electron chi connectivity index (χ4n) is 2.83. The molecule has 0 N–H and O–H groups in total. The summed E-state index contributed by atoms with van der Waals surface area (Å²) < 4.78 is 44.4. The number of aromatic nitrogens is 3. The molecular formula is C14H15F3N4O2. The third-order valence-electron chi connectivity index (χ3n) is 3.88. The summed E-state index contributed by atoms with van der Waals surface area (Å²) in [5, 5.41) is 7.51. The molecule has 1 atom stereocenters. The molecule has 3 rings (SSSR count). The molecule has 2 aromatic heterocycles. The van der Waals surface area contributed by atoms with Gasteiger partial charge < -0.3 is 9.42 Å². The Kier molecular flexibility index (Phi) is 3.65. The van der Waals surface area contributed by atoms with Gasteiger partial charge >= 0.3 is 6.18 Å². The topological polar surface area (TPSA) is 64.2 Å². The van der Waals surface area contributed by atoms with Crippen LogP contribution in [0.2, 0.25) is 0 Å². The Hall–Kier alpha value is -2.32. The Bertz CT molecular complexity index is 735. The van der Waals surface area contributed by atoms with Gasteiger partial charge in [0.15, 0.2) is 11.5 Å². The van der Waals surface area contributed by atoms with Crippen molar-refractivity contribution in [3.8, 4) is 0 Å². The largest absolute Gasteiger partial charge is 0.433 e. The van der Waals surface area contributed by atoms with E-state index in [9.17, 15) is 18.0 Å². The minimum Gasteiger partial charge on any atom is -0.359 e. The third-order valence-corrected chi connectivity index (χ3v) is 3.88. The average Bonchev–Trinajstić information content (AvgIpc) is 3.15. The van der Waals surface area contributed by atoms with Crippen LogP contribution in [-0.4, -0.2) is 32.3 Å². The van der Waals surface area contributed by atoms with Gasteiger partial charge in [0.25, 0.3) is 5.91 Å². The standard InChI is InChI=1S/C14H15F3N4O2/c1-8-6-11(23-19-8)10-4-3-5-21(10)13(22)9-7-12(14(15,16)17)20(2)18-9/h6-7,10H,3-5H2,1-2H3. The van der Waals surface area contributed by atoms with Crippen LogP contribution in [0.3, 0.4) is 0 Å². The first kappa shape index (κ1) is 15.6. The zero-order valence-electron chi connectivity index (χ0n) is 12.6. The fourth-order valence-corrected chi connectivity index (χ4v) is 2.83. The first-order valence-corrected chi connectivity index (χ1v) is 7.13. The number of aryl methyl sites for hydroxylation is 2. The Morgan fingerprint density at radius 2 is 2.13 bits per heavy atom. The monoisotopic (exact) mass is 328 g/mol. The van der Waals surface area contributed by atoms with Crippen molar-refractivity contribution in [3.63, 3.8) is 0 Å². The normalized spacial score (nSPS) is 18.7. The number of alkyl halides is 3. The van der Waals surface area contributed by atoms with Gasteiger partial charge in [-0.1, -0.05) is 5.16 Å². The second-order valence-corrected chi connectivity index (χ2v) is 5.56. The van der Waals surface area contributed by atoms with E-state index >= 15 is 0 Å². The summed E-state index contributed by atoms with van der Waals surface area (Å²) in [6.07, 6.45) is -3.12. The van der Waals surface area contributed by atoms with Gasteiger partial charge in [-0.2, -0.15) is 18.3 Å². The van der Waals surface area contributed by atoms with Crippen molar-refractivity contribution < 1.29 is 22.5 Å². The molecule has 1 aliphatic rings. The highest BCUT2D eigenvalue weighted by atomic mass is 19.4. The predicted octanol–water partition coefficient (Wildman–Crippen LogP) is 2.71. The zero-order chi connectivity index (χ0) is 16.8. The van der Waals surface area contributed by atoms with Crippen molar-refractivity contribution in [1.29, 1.82) is 0 Å². The quantitative estimate of drug-likeness (QED) is 0.850. The number of hydrogen-bond acceptors (Lipinski definition) is 4. The Labute approximate surface area is 129 Å². The molecule has 0 aromatic carbocycles. The number of carbonyl (C=O) groups is 1. The summed E-state index contributed by atoms with van der Waals surface area (Å²) in [4.78, 5) is 14.0. The van der Waals surface area contributed by atoms with Gasteiger partial charge in [0.2, 0.25) is 0 Å². The number of carbonyl (C=O) groups excluding carboxylic acids is 1. The molecule has 1 saturated heterocycles. The van der Waals surface area contributed by atoms with Crippen LogP contribution in [0.5, 0.6) is 0 Å². The van der Waals surface area contributed by atoms with Crippen molar-refractivity contribution in [2.75, 3.05) is 6.54 Å². The number of likely N-dealkylation sites (tertiary alicyclic amines) is 1. The van der Waals surface area contributed by atoms with E-state index in [1.54, 1.807) is 13.0 Å². The molecule has 9 heteroatoms. The lowest BCUT2D eigenvalue weighted by Gasteiger charge is -2.21. The smallest absolute Gasteiger partial charge is 0.359 e. The first-order valence-electron chi connectivity index (χ1n) is 7.13. The van der Waals surface area contributed by atoms with Crippen LogP contribution < -0.4 is 0 Å². The predicted molar refractivity (Wildman–Crippen MR) is 72.5 cm³/mol. The Morgan fingerprint density at radius 1 is 1.39 bits per heavy atom. The minimum atomic E-state index is -4.55. The third kappa shape index (κ3) is 2.82. The summed E-state index contributed by atoms with van der Waals surface area (Å²) in [5.41, 5.74) is -0.480. The lowest BCUT2D eigenvalue weighted by Crippen LogP contribution is -2.30. The van der Waals surface area contributed by atoms with Crippen LogP contribution in [0.15, 0.2) is 16.7 Å². The molecule has 1 aliphatic heterocycles. The van der Waals surface area contributed by atoms with Crippen LogP contribution in [0.25, 0.3) is 0 Å². The SMILES string of the molecule is Cc1cc(C2CCCN2C(=O)c2cc(C(F)(F)F)n(C)n2)on1. The van der Waals surface area contributed by atoms with Gasteiger partial charge in [0.1, 0.15) is 5.69 Å². The highest BCUT2D eigenvalue weighted by Crippen LogP contribution is 2.34. The van der Waals surface area contributed by atoms with E-state index in [1.807, 2.05) is 0 Å². The highest BCUT2D eigenvalue weighted by molar-refractivity contribution is 5.93. The summed E-state index contributed by atoms with van der Waals surface area (Å²) >= 11 is 0. The maximum absolute atomic E-state index is 12.8. The van der Waals surface area contributed by atoms with E-state index in [0.717, 1.165) is 12.5 Å². The van der Waals surface area contributed by atoms with Crippen LogP contribution in [0.1, 0.15) is 46.5 Å². The Morgan fingerprint density at radius 3 is 2.70 bits per heavy atom. The zero-order valence-corrected chi connectivity index (χ0v) is 12.6. The van der Waals surface area contributed by atoms with Gasteiger partial charge in [-0.3, -0.25) is 9.48 Å². The van der Waals surface area contributed by atoms with Crippen LogP contribution in [-0.2, 0) is 13.2 Å². The molecule has 6 nitrogen and oxygen atoms in total. The van der Waals surface area contributed by atoms with E-state index < -0.39 is 17.8 Å². The highest BCUT2D eigenvalue weighted by Gasteiger charge is 2.38. The number of amides is 1. The maximum Gasteiger partial charge on any atom is 0.433 e. The number of halogens is 3.